The number of benzene rings is 1. The lowest BCUT2D eigenvalue weighted by Gasteiger charge is -2.02. The molecule has 0 radical (unpaired) electrons. The van der Waals surface area contributed by atoms with E-state index in [2.05, 4.69) is 20.9 Å². The predicted molar refractivity (Wildman–Crippen MR) is 62.4 cm³/mol. The molecule has 0 N–H and O–H groups in total. The Morgan fingerprint density at radius 1 is 1.00 bits per heavy atom. The van der Waals surface area contributed by atoms with Crippen LogP contribution in [0.2, 0.25) is 5.02 Å². The normalized spacial score (nSPS) is 10.1. The first-order chi connectivity index (χ1) is 6.75. The molecule has 1 heterocycles. The molecule has 1 nitrogen and oxygen atoms in total. The maximum absolute atomic E-state index is 5.95. The fourth-order valence-electron chi connectivity index (χ4n) is 1.26. The van der Waals surface area contributed by atoms with Crippen molar-refractivity contribution in [1.29, 1.82) is 0 Å². The van der Waals surface area contributed by atoms with Crippen molar-refractivity contribution in [3.8, 4) is 11.1 Å². The van der Waals surface area contributed by atoms with E-state index in [1.165, 1.54) is 0 Å². The summed E-state index contributed by atoms with van der Waals surface area (Å²) >= 11 is 9.36. The molecule has 3 heteroatoms. The van der Waals surface area contributed by atoms with Gasteiger partial charge in [0.05, 0.1) is 0 Å². The highest BCUT2D eigenvalue weighted by atomic mass is 79.9. The zero-order valence-corrected chi connectivity index (χ0v) is 9.59. The highest BCUT2D eigenvalue weighted by Gasteiger charge is 1.99. The van der Waals surface area contributed by atoms with E-state index in [-0.39, 0.29) is 0 Å². The van der Waals surface area contributed by atoms with Crippen molar-refractivity contribution in [3.05, 3.63) is 52.2 Å². The molecule has 0 aliphatic heterocycles. The highest BCUT2D eigenvalue weighted by molar-refractivity contribution is 9.10. The molecule has 0 saturated heterocycles. The van der Waals surface area contributed by atoms with Gasteiger partial charge in [-0.05, 0) is 41.5 Å². The van der Waals surface area contributed by atoms with E-state index in [1.54, 1.807) is 12.4 Å². The molecule has 1 aromatic heterocycles. The lowest BCUT2D eigenvalue weighted by Crippen LogP contribution is -1.78. The van der Waals surface area contributed by atoms with Gasteiger partial charge < -0.3 is 0 Å². The third kappa shape index (κ3) is 2.14. The van der Waals surface area contributed by atoms with E-state index in [9.17, 15) is 0 Å². The number of halogens is 2. The smallest absolute Gasteiger partial charge is 0.0423 e. The average molecular weight is 269 g/mol. The summed E-state index contributed by atoms with van der Waals surface area (Å²) in [4.78, 5) is 3.97. The van der Waals surface area contributed by atoms with Crippen LogP contribution < -0.4 is 0 Å². The predicted octanol–water partition coefficient (Wildman–Crippen LogP) is 4.16. The molecule has 0 spiro atoms. The number of nitrogens with zero attached hydrogens (tertiary/aromatic N) is 1. The minimum atomic E-state index is 0.728. The molecule has 2 aromatic rings. The largest absolute Gasteiger partial charge is 0.265 e. The minimum Gasteiger partial charge on any atom is -0.265 e. The Bertz CT molecular complexity index is 422. The van der Waals surface area contributed by atoms with Gasteiger partial charge in [0, 0.05) is 21.9 Å². The van der Waals surface area contributed by atoms with E-state index in [0.717, 1.165) is 20.6 Å². The van der Waals surface area contributed by atoms with Gasteiger partial charge in [-0.25, -0.2) is 0 Å². The second kappa shape index (κ2) is 4.11. The molecule has 0 saturated carbocycles. The molecule has 0 amide bonds. The van der Waals surface area contributed by atoms with Crippen LogP contribution >= 0.6 is 27.5 Å². The van der Waals surface area contributed by atoms with Crippen LogP contribution in [0.15, 0.2) is 47.2 Å². The number of hydrogen-bond acceptors (Lipinski definition) is 1. The van der Waals surface area contributed by atoms with Crippen LogP contribution in [0.3, 0.4) is 0 Å². The summed E-state index contributed by atoms with van der Waals surface area (Å²) in [6.45, 7) is 0. The van der Waals surface area contributed by atoms with Gasteiger partial charge in [0.25, 0.3) is 0 Å². The van der Waals surface area contributed by atoms with E-state index >= 15 is 0 Å². The van der Waals surface area contributed by atoms with E-state index in [1.807, 2.05) is 30.3 Å². The SMILES string of the molecule is Clc1cc(Br)cc(-c2ccncc2)c1. The molecule has 0 aliphatic carbocycles. The fourth-order valence-corrected chi connectivity index (χ4v) is 2.13. The first-order valence-corrected chi connectivity index (χ1v) is 5.29. The van der Waals surface area contributed by atoms with Crippen LogP contribution in [0.4, 0.5) is 0 Å². The van der Waals surface area contributed by atoms with Crippen molar-refractivity contribution in [2.45, 2.75) is 0 Å². The van der Waals surface area contributed by atoms with Gasteiger partial charge in [-0.2, -0.15) is 0 Å². The molecule has 14 heavy (non-hydrogen) atoms. The second-order valence-electron chi connectivity index (χ2n) is 2.89. The van der Waals surface area contributed by atoms with Gasteiger partial charge in [0.1, 0.15) is 0 Å². The summed E-state index contributed by atoms with van der Waals surface area (Å²) in [7, 11) is 0. The monoisotopic (exact) mass is 267 g/mol. The Hall–Kier alpha value is -0.860. The Morgan fingerprint density at radius 2 is 1.71 bits per heavy atom. The molecule has 2 rings (SSSR count). The lowest BCUT2D eigenvalue weighted by atomic mass is 10.1. The quantitative estimate of drug-likeness (QED) is 0.756. The zero-order valence-electron chi connectivity index (χ0n) is 7.24. The summed E-state index contributed by atoms with van der Waals surface area (Å²) in [5, 5.41) is 0.728. The van der Waals surface area contributed by atoms with Crippen molar-refractivity contribution in [3.63, 3.8) is 0 Å². The molecule has 0 unspecified atom stereocenters. The molecule has 0 fully saturated rings. The molecule has 0 aliphatic rings. The van der Waals surface area contributed by atoms with E-state index in [0.29, 0.717) is 0 Å². The number of hydrogen-bond donors (Lipinski definition) is 0. The van der Waals surface area contributed by atoms with Crippen LogP contribution in [0.25, 0.3) is 11.1 Å². The summed E-state index contributed by atoms with van der Waals surface area (Å²) in [5.74, 6) is 0. The summed E-state index contributed by atoms with van der Waals surface area (Å²) in [6.07, 6.45) is 3.54. The van der Waals surface area contributed by atoms with Crippen LogP contribution in [-0.2, 0) is 0 Å². The van der Waals surface area contributed by atoms with Crippen LogP contribution in [0.5, 0.6) is 0 Å². The number of aromatic nitrogens is 1. The van der Waals surface area contributed by atoms with E-state index < -0.39 is 0 Å². The van der Waals surface area contributed by atoms with Gasteiger partial charge in [0.2, 0.25) is 0 Å². The summed E-state index contributed by atoms with van der Waals surface area (Å²) in [5.41, 5.74) is 2.20. The van der Waals surface area contributed by atoms with Gasteiger partial charge in [0.15, 0.2) is 0 Å². The van der Waals surface area contributed by atoms with Crippen molar-refractivity contribution in [1.82, 2.24) is 4.98 Å². The third-order valence-electron chi connectivity index (χ3n) is 1.88. The summed E-state index contributed by atoms with van der Waals surface area (Å²) in [6, 6.07) is 9.74. The fraction of sp³-hybridized carbons (Fsp3) is 0. The van der Waals surface area contributed by atoms with Gasteiger partial charge in [-0.1, -0.05) is 27.5 Å². The average Bonchev–Trinajstić information content (AvgIpc) is 2.18. The Morgan fingerprint density at radius 3 is 2.36 bits per heavy atom. The molecule has 1 aromatic carbocycles. The van der Waals surface area contributed by atoms with Gasteiger partial charge >= 0.3 is 0 Å². The first kappa shape index (κ1) is 9.69. The molecule has 70 valence electrons. The van der Waals surface area contributed by atoms with E-state index in [4.69, 9.17) is 11.6 Å². The van der Waals surface area contributed by atoms with Crippen LogP contribution in [-0.4, -0.2) is 4.98 Å². The Kier molecular flexibility index (Phi) is 2.85. The van der Waals surface area contributed by atoms with Crippen LogP contribution in [0.1, 0.15) is 0 Å². The first-order valence-electron chi connectivity index (χ1n) is 4.12. The Labute approximate surface area is 95.9 Å². The highest BCUT2D eigenvalue weighted by Crippen LogP contribution is 2.26. The van der Waals surface area contributed by atoms with Crippen LogP contribution in [0, 0.1) is 0 Å². The van der Waals surface area contributed by atoms with Gasteiger partial charge in [-0.15, -0.1) is 0 Å². The zero-order chi connectivity index (χ0) is 9.97. The molecule has 0 atom stereocenters. The number of rotatable bonds is 1. The number of pyridine rings is 1. The lowest BCUT2D eigenvalue weighted by molar-refractivity contribution is 1.33. The summed E-state index contributed by atoms with van der Waals surface area (Å²) < 4.78 is 0.983. The van der Waals surface area contributed by atoms with Crippen molar-refractivity contribution < 1.29 is 0 Å². The molecular formula is C11H7BrClN. The topological polar surface area (TPSA) is 12.9 Å². The standard InChI is InChI=1S/C11H7BrClN/c12-10-5-9(6-11(13)7-10)8-1-3-14-4-2-8/h1-7H. The second-order valence-corrected chi connectivity index (χ2v) is 4.25. The minimum absolute atomic E-state index is 0.728. The Balaban J connectivity index is 2.52. The maximum Gasteiger partial charge on any atom is 0.0423 e. The molecule has 0 bridgehead atoms. The molecular weight excluding hydrogens is 261 g/mol. The van der Waals surface area contributed by atoms with Crippen molar-refractivity contribution in [2.75, 3.05) is 0 Å². The van der Waals surface area contributed by atoms with Gasteiger partial charge in [-0.3, -0.25) is 4.98 Å². The van der Waals surface area contributed by atoms with Crippen molar-refractivity contribution >= 4 is 27.5 Å². The third-order valence-corrected chi connectivity index (χ3v) is 2.55. The maximum atomic E-state index is 5.95. The van der Waals surface area contributed by atoms with Crippen molar-refractivity contribution in [2.24, 2.45) is 0 Å².